The number of carbonyl (C=O) groups excluding carboxylic acids is 3. The maximum absolute atomic E-state index is 12.9. The van der Waals surface area contributed by atoms with Crippen LogP contribution in [0, 0.1) is 5.92 Å². The molecule has 17 nitrogen and oxygen atoms in total. The van der Waals surface area contributed by atoms with Gasteiger partial charge < -0.3 is 41.5 Å². The summed E-state index contributed by atoms with van der Waals surface area (Å²) in [7, 11) is -4.78. The van der Waals surface area contributed by atoms with Crippen molar-refractivity contribution in [1.29, 1.82) is 0 Å². The summed E-state index contributed by atoms with van der Waals surface area (Å²) in [6.45, 7) is 3.27. The molecular formula is C24H35N4O13P. The molecule has 5 atom stereocenters. The minimum atomic E-state index is -4.78. The molecule has 1 aromatic rings. The number of nitrogens with two attached hydrogens (primary N) is 1. The van der Waals surface area contributed by atoms with Gasteiger partial charge in [-0.2, -0.15) is 0 Å². The van der Waals surface area contributed by atoms with E-state index in [4.69, 9.17) is 20.6 Å². The minimum absolute atomic E-state index is 0.117. The van der Waals surface area contributed by atoms with Crippen molar-refractivity contribution in [3.8, 4) is 5.75 Å². The molecule has 0 heterocycles. The summed E-state index contributed by atoms with van der Waals surface area (Å²) in [4.78, 5) is 90.0. The van der Waals surface area contributed by atoms with Crippen molar-refractivity contribution < 1.29 is 63.0 Å². The molecule has 1 aromatic carbocycles. The second-order valence-corrected chi connectivity index (χ2v) is 10.6. The number of phosphoric acid groups is 1. The van der Waals surface area contributed by atoms with E-state index in [9.17, 15) is 43.5 Å². The first-order valence-corrected chi connectivity index (χ1v) is 14.1. The van der Waals surface area contributed by atoms with Crippen molar-refractivity contribution in [3.05, 3.63) is 29.8 Å². The fraction of sp³-hybridized carbons (Fsp3) is 0.500. The van der Waals surface area contributed by atoms with Crippen LogP contribution in [-0.4, -0.2) is 84.9 Å². The molecule has 234 valence electrons. The monoisotopic (exact) mass is 618 g/mol. The number of phosphoric ester groups is 1. The van der Waals surface area contributed by atoms with E-state index in [1.807, 2.05) is 0 Å². The first kappa shape index (κ1) is 36.0. The van der Waals surface area contributed by atoms with E-state index in [0.29, 0.717) is 12.0 Å². The summed E-state index contributed by atoms with van der Waals surface area (Å²) in [6.07, 6.45) is -1.61. The van der Waals surface area contributed by atoms with E-state index in [-0.39, 0.29) is 12.2 Å². The molecule has 42 heavy (non-hydrogen) atoms. The molecule has 1 rings (SSSR count). The summed E-state index contributed by atoms with van der Waals surface area (Å²) in [5, 5.41) is 34.4. The number of rotatable bonds is 18. The van der Waals surface area contributed by atoms with Crippen LogP contribution in [0.3, 0.4) is 0 Å². The fourth-order valence-corrected chi connectivity index (χ4v) is 3.96. The van der Waals surface area contributed by atoms with Gasteiger partial charge in [0.05, 0.1) is 12.5 Å². The topological polar surface area (TPSA) is 292 Å². The van der Waals surface area contributed by atoms with Crippen molar-refractivity contribution in [2.45, 2.75) is 70.1 Å². The summed E-state index contributed by atoms with van der Waals surface area (Å²) in [6, 6.07) is -0.764. The highest BCUT2D eigenvalue weighted by molar-refractivity contribution is 7.46. The molecule has 0 fully saturated rings. The molecule has 0 saturated heterocycles. The van der Waals surface area contributed by atoms with Crippen LogP contribution in [0.25, 0.3) is 0 Å². The van der Waals surface area contributed by atoms with Gasteiger partial charge in [0.15, 0.2) is 0 Å². The Bertz CT molecular complexity index is 1190. The van der Waals surface area contributed by atoms with Crippen molar-refractivity contribution in [2.75, 3.05) is 0 Å². The van der Waals surface area contributed by atoms with Crippen molar-refractivity contribution in [2.24, 2.45) is 11.7 Å². The molecule has 0 unspecified atom stereocenters. The Morgan fingerprint density at radius 2 is 1.48 bits per heavy atom. The number of amides is 3. The molecule has 0 radical (unpaired) electrons. The number of hydrogen-bond donors (Lipinski definition) is 9. The predicted molar refractivity (Wildman–Crippen MR) is 143 cm³/mol. The highest BCUT2D eigenvalue weighted by atomic mass is 31.2. The van der Waals surface area contributed by atoms with Gasteiger partial charge in [-0.1, -0.05) is 32.4 Å². The largest absolute Gasteiger partial charge is 0.524 e. The Morgan fingerprint density at radius 3 is 1.95 bits per heavy atom. The van der Waals surface area contributed by atoms with E-state index < -0.39 is 92.8 Å². The fourth-order valence-electron chi connectivity index (χ4n) is 3.56. The third-order valence-electron chi connectivity index (χ3n) is 6.02. The molecule has 0 bridgehead atoms. The number of carboxylic acids is 3. The van der Waals surface area contributed by atoms with E-state index >= 15 is 0 Å². The smallest absolute Gasteiger partial charge is 0.481 e. The number of nitrogens with one attached hydrogen (secondary N) is 3. The lowest BCUT2D eigenvalue weighted by atomic mass is 9.99. The predicted octanol–water partition coefficient (Wildman–Crippen LogP) is -1.05. The second kappa shape index (κ2) is 16.4. The average molecular weight is 619 g/mol. The van der Waals surface area contributed by atoms with Crippen molar-refractivity contribution >= 4 is 43.5 Å². The van der Waals surface area contributed by atoms with Crippen LogP contribution < -0.4 is 26.2 Å². The number of hydrogen-bond acceptors (Lipinski definition) is 9. The summed E-state index contributed by atoms with van der Waals surface area (Å²) in [5.41, 5.74) is 6.35. The standard InChI is InChI=1S/C24H35N4O13P/c1-3-12(2)20(24(36)37)28-18(29)11-17(23(34)35)27-22(33)16(8-9-19(30)31)26-21(32)15(25)10-13-4-6-14(7-5-13)41-42(38,39)40/h4-7,12,15-17,20H,3,8-11,25H2,1-2H3,(H,26,32)(H,27,33)(H,28,29)(H,30,31)(H,34,35)(H,36,37)(H2,38,39,40)/t12-,15+,16+,17+,20+/m1/s1. The molecule has 0 aliphatic heterocycles. The molecule has 0 aliphatic rings. The van der Waals surface area contributed by atoms with Gasteiger partial charge in [0.25, 0.3) is 0 Å². The third-order valence-corrected chi connectivity index (χ3v) is 6.47. The molecule has 0 saturated carbocycles. The van der Waals surface area contributed by atoms with Gasteiger partial charge >= 0.3 is 25.7 Å². The highest BCUT2D eigenvalue weighted by Crippen LogP contribution is 2.37. The van der Waals surface area contributed by atoms with E-state index in [1.165, 1.54) is 24.3 Å². The van der Waals surface area contributed by atoms with Gasteiger partial charge in [-0.3, -0.25) is 29.0 Å². The normalized spacial score (nSPS) is 14.8. The molecular weight excluding hydrogens is 583 g/mol. The van der Waals surface area contributed by atoms with Crippen LogP contribution in [-0.2, 0) is 39.8 Å². The van der Waals surface area contributed by atoms with Gasteiger partial charge in [0, 0.05) is 6.42 Å². The zero-order valence-corrected chi connectivity index (χ0v) is 23.7. The quantitative estimate of drug-likeness (QED) is 0.0888. The minimum Gasteiger partial charge on any atom is -0.481 e. The number of carbonyl (C=O) groups is 6. The lowest BCUT2D eigenvalue weighted by Crippen LogP contribution is -2.56. The van der Waals surface area contributed by atoms with Gasteiger partial charge in [-0.15, -0.1) is 0 Å². The SMILES string of the molecule is CC[C@@H](C)[C@H](NC(=O)C[C@H](NC(=O)[C@H](CCC(=O)O)NC(=O)[C@@H](N)Cc1ccc(OP(=O)(O)O)cc1)C(=O)O)C(=O)O. The van der Waals surface area contributed by atoms with E-state index in [1.54, 1.807) is 13.8 Å². The summed E-state index contributed by atoms with van der Waals surface area (Å²) in [5.74, 6) is -7.90. The van der Waals surface area contributed by atoms with E-state index in [0.717, 1.165) is 0 Å². The Balaban J connectivity index is 2.94. The van der Waals surface area contributed by atoms with Crippen LogP contribution in [0.2, 0.25) is 0 Å². The zero-order valence-electron chi connectivity index (χ0n) is 22.8. The Hall–Kier alpha value is -4.05. The Kier molecular flexibility index (Phi) is 14.1. The number of carboxylic acid groups (broad SMARTS) is 3. The Labute approximate surface area is 240 Å². The van der Waals surface area contributed by atoms with Gasteiger partial charge in [-0.25, -0.2) is 14.2 Å². The van der Waals surface area contributed by atoms with Crippen LogP contribution >= 0.6 is 7.82 Å². The molecule has 0 aromatic heterocycles. The zero-order chi connectivity index (χ0) is 32.2. The van der Waals surface area contributed by atoms with Crippen molar-refractivity contribution in [3.63, 3.8) is 0 Å². The van der Waals surface area contributed by atoms with Crippen LogP contribution in [0.15, 0.2) is 24.3 Å². The lowest BCUT2D eigenvalue weighted by Gasteiger charge is -2.24. The van der Waals surface area contributed by atoms with Crippen molar-refractivity contribution in [1.82, 2.24) is 16.0 Å². The third kappa shape index (κ3) is 13.1. The summed E-state index contributed by atoms with van der Waals surface area (Å²) < 4.78 is 15.3. The lowest BCUT2D eigenvalue weighted by molar-refractivity contribution is -0.146. The van der Waals surface area contributed by atoms with Gasteiger partial charge in [0.1, 0.15) is 23.9 Å². The molecule has 10 N–H and O–H groups in total. The maximum Gasteiger partial charge on any atom is 0.524 e. The first-order valence-electron chi connectivity index (χ1n) is 12.6. The first-order chi connectivity index (χ1) is 19.4. The summed E-state index contributed by atoms with van der Waals surface area (Å²) >= 11 is 0. The molecule has 0 spiro atoms. The Morgan fingerprint density at radius 1 is 0.905 bits per heavy atom. The maximum atomic E-state index is 12.9. The second-order valence-electron chi connectivity index (χ2n) is 9.40. The molecule has 18 heteroatoms. The highest BCUT2D eigenvalue weighted by Gasteiger charge is 2.32. The van der Waals surface area contributed by atoms with Crippen LogP contribution in [0.4, 0.5) is 0 Å². The number of aliphatic carboxylic acids is 3. The van der Waals surface area contributed by atoms with E-state index in [2.05, 4.69) is 20.5 Å². The average Bonchev–Trinajstić information content (AvgIpc) is 2.88. The molecule has 0 aliphatic carbocycles. The molecule has 3 amide bonds. The van der Waals surface area contributed by atoms with Gasteiger partial charge in [-0.05, 0) is 36.5 Å². The van der Waals surface area contributed by atoms with Crippen LogP contribution in [0.1, 0.15) is 45.1 Å². The van der Waals surface area contributed by atoms with Gasteiger partial charge in [0.2, 0.25) is 17.7 Å². The number of benzene rings is 1. The van der Waals surface area contributed by atoms with Crippen LogP contribution in [0.5, 0.6) is 5.75 Å².